The maximum Gasteiger partial charge on any atom is 0.135 e. The quantitative estimate of drug-likeness (QED) is 0.751. The Balaban J connectivity index is 2.72. The molecule has 4 heteroatoms. The summed E-state index contributed by atoms with van der Waals surface area (Å²) < 4.78 is 40.6. The van der Waals surface area contributed by atoms with Crippen LogP contribution in [0, 0.1) is 41.8 Å². The summed E-state index contributed by atoms with van der Waals surface area (Å²) in [6.45, 7) is 1.58. The van der Waals surface area contributed by atoms with Crippen LogP contribution in [0.15, 0.2) is 24.3 Å². The van der Waals surface area contributed by atoms with Crippen LogP contribution >= 0.6 is 0 Å². The van der Waals surface area contributed by atoms with Gasteiger partial charge >= 0.3 is 0 Å². The molecule has 0 spiro atoms. The first kappa shape index (κ1) is 12.2. The van der Waals surface area contributed by atoms with Gasteiger partial charge in [0, 0.05) is 0 Å². The van der Waals surface area contributed by atoms with Crippen molar-refractivity contribution >= 4 is 0 Å². The molecule has 0 bridgehead atoms. The molecule has 0 unspecified atom stereocenters. The molecule has 0 aliphatic carbocycles. The number of halogens is 3. The van der Waals surface area contributed by atoms with E-state index in [1.165, 1.54) is 0 Å². The molecule has 0 saturated carbocycles. The first-order valence-electron chi connectivity index (χ1n) is 5.10. The van der Waals surface area contributed by atoms with Crippen molar-refractivity contribution in [1.29, 1.82) is 5.26 Å². The van der Waals surface area contributed by atoms with Crippen molar-refractivity contribution in [3.63, 3.8) is 0 Å². The van der Waals surface area contributed by atoms with Crippen LogP contribution < -0.4 is 0 Å². The molecule has 0 N–H and O–H groups in total. The van der Waals surface area contributed by atoms with Crippen LogP contribution in [-0.4, -0.2) is 0 Å². The SMILES string of the molecule is Cc1[c]cc(F)cc1-c1c(F)cc(C#N)cc1F. The first-order valence-corrected chi connectivity index (χ1v) is 5.10. The molecule has 2 aromatic rings. The van der Waals surface area contributed by atoms with E-state index in [1.807, 2.05) is 0 Å². The zero-order chi connectivity index (χ0) is 13.3. The second-order valence-corrected chi connectivity index (χ2v) is 3.78. The normalized spacial score (nSPS) is 10.2. The summed E-state index contributed by atoms with van der Waals surface area (Å²) >= 11 is 0. The van der Waals surface area contributed by atoms with Crippen molar-refractivity contribution in [2.45, 2.75) is 6.92 Å². The lowest BCUT2D eigenvalue weighted by Crippen LogP contribution is -1.95. The third kappa shape index (κ3) is 2.07. The molecule has 1 radical (unpaired) electrons. The molecule has 0 aromatic heterocycles. The highest BCUT2D eigenvalue weighted by molar-refractivity contribution is 5.69. The van der Waals surface area contributed by atoms with Gasteiger partial charge in [0.05, 0.1) is 17.2 Å². The average molecular weight is 246 g/mol. The molecule has 1 nitrogen and oxygen atoms in total. The van der Waals surface area contributed by atoms with Crippen LogP contribution in [0.1, 0.15) is 11.1 Å². The first-order chi connectivity index (χ1) is 8.52. The molecule has 0 fully saturated rings. The van der Waals surface area contributed by atoms with Gasteiger partial charge < -0.3 is 0 Å². The summed E-state index contributed by atoms with van der Waals surface area (Å²) in [5, 5.41) is 8.60. The fourth-order valence-electron chi connectivity index (χ4n) is 1.70. The number of hydrogen-bond acceptors (Lipinski definition) is 1. The van der Waals surface area contributed by atoms with Crippen LogP contribution in [0.25, 0.3) is 11.1 Å². The Morgan fingerprint density at radius 1 is 1.11 bits per heavy atom. The zero-order valence-corrected chi connectivity index (χ0v) is 9.39. The molecule has 0 aliphatic rings. The third-order valence-electron chi connectivity index (χ3n) is 2.55. The van der Waals surface area contributed by atoms with E-state index in [4.69, 9.17) is 5.26 Å². The highest BCUT2D eigenvalue weighted by atomic mass is 19.1. The minimum Gasteiger partial charge on any atom is -0.207 e. The number of hydrogen-bond donors (Lipinski definition) is 0. The van der Waals surface area contributed by atoms with E-state index in [2.05, 4.69) is 6.07 Å². The van der Waals surface area contributed by atoms with Gasteiger partial charge in [-0.3, -0.25) is 0 Å². The van der Waals surface area contributed by atoms with Gasteiger partial charge in [0.25, 0.3) is 0 Å². The topological polar surface area (TPSA) is 23.8 Å². The van der Waals surface area contributed by atoms with Gasteiger partial charge in [-0.2, -0.15) is 5.26 Å². The minimum atomic E-state index is -0.895. The predicted octanol–water partition coefficient (Wildman–Crippen LogP) is 3.75. The van der Waals surface area contributed by atoms with Gasteiger partial charge in [-0.1, -0.05) is 0 Å². The molecule has 0 heterocycles. The van der Waals surface area contributed by atoms with Gasteiger partial charge in [0.15, 0.2) is 0 Å². The van der Waals surface area contributed by atoms with Crippen molar-refractivity contribution in [3.8, 4) is 17.2 Å². The fraction of sp³-hybridized carbons (Fsp3) is 0.0714. The molecule has 2 aromatic carbocycles. The van der Waals surface area contributed by atoms with E-state index in [-0.39, 0.29) is 16.7 Å². The van der Waals surface area contributed by atoms with E-state index in [1.54, 1.807) is 13.0 Å². The smallest absolute Gasteiger partial charge is 0.135 e. The molecule has 0 aliphatic heterocycles. The Labute approximate surface area is 102 Å². The van der Waals surface area contributed by atoms with Crippen LogP contribution in [0.2, 0.25) is 0 Å². The van der Waals surface area contributed by atoms with E-state index in [0.717, 1.165) is 24.3 Å². The Morgan fingerprint density at radius 3 is 2.28 bits per heavy atom. The van der Waals surface area contributed by atoms with E-state index in [0.29, 0.717) is 5.56 Å². The number of rotatable bonds is 1. The van der Waals surface area contributed by atoms with Gasteiger partial charge in [-0.05, 0) is 48.4 Å². The average Bonchev–Trinajstić information content (AvgIpc) is 2.32. The molecule has 0 atom stereocenters. The molecule has 18 heavy (non-hydrogen) atoms. The maximum atomic E-state index is 13.8. The highest BCUT2D eigenvalue weighted by Crippen LogP contribution is 2.30. The number of benzene rings is 2. The van der Waals surface area contributed by atoms with E-state index < -0.39 is 17.5 Å². The third-order valence-corrected chi connectivity index (χ3v) is 2.55. The molecule has 0 amide bonds. The predicted molar refractivity (Wildman–Crippen MR) is 60.0 cm³/mol. The minimum absolute atomic E-state index is 0.0921. The lowest BCUT2D eigenvalue weighted by molar-refractivity contribution is 0.587. The Hall–Kier alpha value is -2.28. The molecular formula is C14H7F3N. The number of nitrogens with zero attached hydrogens (tertiary/aromatic N) is 1. The van der Waals surface area contributed by atoms with E-state index in [9.17, 15) is 13.2 Å². The second-order valence-electron chi connectivity index (χ2n) is 3.78. The van der Waals surface area contributed by atoms with Gasteiger partial charge in [-0.25, -0.2) is 13.2 Å². The highest BCUT2D eigenvalue weighted by Gasteiger charge is 2.15. The standard InChI is InChI=1S/C14H7F3N/c1-8-2-3-10(15)6-11(8)14-12(16)4-9(7-18)5-13(14)17/h3-6H,1H3. The van der Waals surface area contributed by atoms with Crippen molar-refractivity contribution in [2.75, 3.05) is 0 Å². The lowest BCUT2D eigenvalue weighted by Gasteiger charge is -2.09. The summed E-state index contributed by atoms with van der Waals surface area (Å²) in [5.41, 5.74) is 0.0578. The van der Waals surface area contributed by atoms with Gasteiger partial charge in [0.2, 0.25) is 0 Å². The summed E-state index contributed by atoms with van der Waals surface area (Å²) in [7, 11) is 0. The zero-order valence-electron chi connectivity index (χ0n) is 9.39. The molecule has 0 saturated heterocycles. The monoisotopic (exact) mass is 246 g/mol. The molecule has 2 rings (SSSR count). The summed E-state index contributed by atoms with van der Waals surface area (Å²) in [5.74, 6) is -2.42. The Kier molecular flexibility index (Phi) is 3.07. The van der Waals surface area contributed by atoms with Crippen molar-refractivity contribution in [2.24, 2.45) is 0 Å². The number of nitriles is 1. The van der Waals surface area contributed by atoms with Crippen LogP contribution in [-0.2, 0) is 0 Å². The van der Waals surface area contributed by atoms with Crippen molar-refractivity contribution < 1.29 is 13.2 Å². The van der Waals surface area contributed by atoms with Gasteiger partial charge in [0.1, 0.15) is 17.5 Å². The summed E-state index contributed by atoms with van der Waals surface area (Å²) in [6, 6.07) is 8.20. The summed E-state index contributed by atoms with van der Waals surface area (Å²) in [6.07, 6.45) is 0. The van der Waals surface area contributed by atoms with Crippen LogP contribution in [0.4, 0.5) is 13.2 Å². The summed E-state index contributed by atoms with van der Waals surface area (Å²) in [4.78, 5) is 0. The Morgan fingerprint density at radius 2 is 1.72 bits per heavy atom. The lowest BCUT2D eigenvalue weighted by atomic mass is 9.98. The van der Waals surface area contributed by atoms with Gasteiger partial charge in [-0.15, -0.1) is 0 Å². The fourth-order valence-corrected chi connectivity index (χ4v) is 1.70. The van der Waals surface area contributed by atoms with Crippen LogP contribution in [0.5, 0.6) is 0 Å². The number of aryl methyl sites for hydroxylation is 1. The van der Waals surface area contributed by atoms with Crippen molar-refractivity contribution in [3.05, 3.63) is 58.9 Å². The maximum absolute atomic E-state index is 13.8. The van der Waals surface area contributed by atoms with Crippen molar-refractivity contribution in [1.82, 2.24) is 0 Å². The largest absolute Gasteiger partial charge is 0.207 e. The second kappa shape index (κ2) is 4.53. The van der Waals surface area contributed by atoms with E-state index >= 15 is 0 Å². The molecule has 89 valence electrons. The van der Waals surface area contributed by atoms with Crippen LogP contribution in [0.3, 0.4) is 0 Å². The molecular weight excluding hydrogens is 239 g/mol. The Bertz CT molecular complexity index is 634.